The average Bonchev–Trinajstić information content (AvgIpc) is 2.82. The normalized spacial score (nSPS) is 28.5. The smallest absolute Gasteiger partial charge is 0.123 e. The number of benzene rings is 1. The molecule has 1 aromatic rings. The van der Waals surface area contributed by atoms with Crippen molar-refractivity contribution in [1.82, 2.24) is 0 Å². The van der Waals surface area contributed by atoms with Crippen LogP contribution in [0.4, 0.5) is 4.39 Å². The van der Waals surface area contributed by atoms with Crippen LogP contribution in [0.2, 0.25) is 0 Å². The van der Waals surface area contributed by atoms with Crippen LogP contribution in [0.25, 0.3) is 0 Å². The van der Waals surface area contributed by atoms with E-state index >= 15 is 0 Å². The third-order valence-corrected chi connectivity index (χ3v) is 2.79. The summed E-state index contributed by atoms with van der Waals surface area (Å²) in [6.45, 7) is 2.02. The lowest BCUT2D eigenvalue weighted by Crippen LogP contribution is -2.17. The van der Waals surface area contributed by atoms with Crippen molar-refractivity contribution in [3.8, 4) is 0 Å². The summed E-state index contributed by atoms with van der Waals surface area (Å²) in [4.78, 5) is 0. The minimum atomic E-state index is -0.146. The van der Waals surface area contributed by atoms with Crippen LogP contribution in [-0.2, 0) is 0 Å². The Morgan fingerprint density at radius 2 is 2.31 bits per heavy atom. The van der Waals surface area contributed by atoms with Crippen molar-refractivity contribution in [2.24, 2.45) is 11.7 Å². The highest BCUT2D eigenvalue weighted by atomic mass is 19.1. The van der Waals surface area contributed by atoms with Gasteiger partial charge in [-0.15, -0.1) is 0 Å². The third kappa shape index (κ3) is 1.73. The van der Waals surface area contributed by atoms with Gasteiger partial charge in [0.15, 0.2) is 0 Å². The Bertz CT molecular complexity index is 309. The summed E-state index contributed by atoms with van der Waals surface area (Å²) in [6.07, 6.45) is 1.11. The molecule has 0 heterocycles. The number of nitrogens with two attached hydrogens (primary N) is 1. The quantitative estimate of drug-likeness (QED) is 0.740. The van der Waals surface area contributed by atoms with Gasteiger partial charge < -0.3 is 5.73 Å². The third-order valence-electron chi connectivity index (χ3n) is 2.79. The van der Waals surface area contributed by atoms with Gasteiger partial charge in [-0.05, 0) is 42.9 Å². The van der Waals surface area contributed by atoms with E-state index < -0.39 is 0 Å². The molecule has 13 heavy (non-hydrogen) atoms. The van der Waals surface area contributed by atoms with Crippen LogP contribution in [0.3, 0.4) is 0 Å². The van der Waals surface area contributed by atoms with Crippen molar-refractivity contribution in [3.05, 3.63) is 35.6 Å². The first-order valence-electron chi connectivity index (χ1n) is 4.69. The molecular formula is C11H14FN. The zero-order valence-corrected chi connectivity index (χ0v) is 7.70. The molecule has 1 nitrogen and oxygen atoms in total. The number of halogens is 1. The van der Waals surface area contributed by atoms with Crippen LogP contribution in [-0.4, -0.2) is 6.04 Å². The van der Waals surface area contributed by atoms with E-state index in [0.29, 0.717) is 11.8 Å². The van der Waals surface area contributed by atoms with E-state index in [2.05, 4.69) is 0 Å². The number of rotatable bonds is 2. The van der Waals surface area contributed by atoms with Crippen LogP contribution in [0.5, 0.6) is 0 Å². The maximum Gasteiger partial charge on any atom is 0.123 e. The minimum Gasteiger partial charge on any atom is -0.328 e. The summed E-state index contributed by atoms with van der Waals surface area (Å²) in [7, 11) is 0. The molecule has 0 bridgehead atoms. The second kappa shape index (κ2) is 3.11. The topological polar surface area (TPSA) is 26.0 Å². The van der Waals surface area contributed by atoms with Crippen molar-refractivity contribution < 1.29 is 4.39 Å². The fourth-order valence-corrected chi connectivity index (χ4v) is 1.92. The first-order valence-corrected chi connectivity index (χ1v) is 4.69. The lowest BCUT2D eigenvalue weighted by atomic mass is 10.1. The molecule has 0 spiro atoms. The second-order valence-corrected chi connectivity index (χ2v) is 3.92. The van der Waals surface area contributed by atoms with E-state index in [1.807, 2.05) is 13.0 Å². The van der Waals surface area contributed by atoms with E-state index in [9.17, 15) is 4.39 Å². The van der Waals surface area contributed by atoms with Gasteiger partial charge in [-0.3, -0.25) is 0 Å². The Kier molecular flexibility index (Phi) is 2.08. The summed E-state index contributed by atoms with van der Waals surface area (Å²) >= 11 is 0. The van der Waals surface area contributed by atoms with E-state index in [-0.39, 0.29) is 11.9 Å². The molecule has 2 N–H and O–H groups in total. The molecule has 1 fully saturated rings. The number of hydrogen-bond donors (Lipinski definition) is 1. The zero-order valence-electron chi connectivity index (χ0n) is 7.70. The number of hydrogen-bond acceptors (Lipinski definition) is 1. The molecule has 0 aromatic heterocycles. The molecule has 0 radical (unpaired) electrons. The molecule has 0 aliphatic heterocycles. The summed E-state index contributed by atoms with van der Waals surface area (Å²) in [6, 6.07) is 7.07. The maximum atomic E-state index is 12.9. The molecule has 0 amide bonds. The molecule has 0 saturated heterocycles. The lowest BCUT2D eigenvalue weighted by molar-refractivity contribution is 0.616. The average molecular weight is 179 g/mol. The molecule has 1 aliphatic carbocycles. The first kappa shape index (κ1) is 8.70. The van der Waals surface area contributed by atoms with Crippen molar-refractivity contribution in [1.29, 1.82) is 0 Å². The molecule has 3 atom stereocenters. The van der Waals surface area contributed by atoms with Crippen LogP contribution < -0.4 is 5.73 Å². The van der Waals surface area contributed by atoms with Gasteiger partial charge in [-0.2, -0.15) is 0 Å². The lowest BCUT2D eigenvalue weighted by Gasteiger charge is -2.03. The van der Waals surface area contributed by atoms with Crippen LogP contribution in [0.1, 0.15) is 24.8 Å². The Morgan fingerprint density at radius 1 is 1.54 bits per heavy atom. The van der Waals surface area contributed by atoms with Crippen molar-refractivity contribution in [2.75, 3.05) is 0 Å². The molecule has 2 heteroatoms. The van der Waals surface area contributed by atoms with E-state index in [0.717, 1.165) is 12.0 Å². The predicted octanol–water partition coefficient (Wildman–Crippen LogP) is 2.28. The van der Waals surface area contributed by atoms with Crippen molar-refractivity contribution >= 4 is 0 Å². The van der Waals surface area contributed by atoms with Crippen LogP contribution >= 0.6 is 0 Å². The molecule has 2 rings (SSSR count). The van der Waals surface area contributed by atoms with Crippen LogP contribution in [0, 0.1) is 11.7 Å². The van der Waals surface area contributed by atoms with Gasteiger partial charge in [0.1, 0.15) is 5.82 Å². The van der Waals surface area contributed by atoms with E-state index in [1.165, 1.54) is 6.07 Å². The maximum absolute atomic E-state index is 12.9. The van der Waals surface area contributed by atoms with E-state index in [4.69, 9.17) is 5.73 Å². The Morgan fingerprint density at radius 3 is 2.85 bits per heavy atom. The summed E-state index contributed by atoms with van der Waals surface area (Å²) in [5.41, 5.74) is 6.87. The van der Waals surface area contributed by atoms with Gasteiger partial charge in [-0.25, -0.2) is 4.39 Å². The molecule has 70 valence electrons. The minimum absolute atomic E-state index is 0.146. The molecule has 0 unspecified atom stereocenters. The Balaban J connectivity index is 2.12. The van der Waals surface area contributed by atoms with Gasteiger partial charge in [0.2, 0.25) is 0 Å². The summed E-state index contributed by atoms with van der Waals surface area (Å²) in [5.74, 6) is 0.908. The Hall–Kier alpha value is -0.890. The van der Waals surface area contributed by atoms with Gasteiger partial charge in [0.25, 0.3) is 0 Å². The second-order valence-electron chi connectivity index (χ2n) is 3.92. The summed E-state index contributed by atoms with van der Waals surface area (Å²) in [5, 5.41) is 0. The van der Waals surface area contributed by atoms with Crippen molar-refractivity contribution in [3.63, 3.8) is 0 Å². The standard InChI is InChI=1S/C11H14FN/c1-7(13)10-6-11(10)8-3-2-4-9(12)5-8/h2-5,7,10-11H,6,13H2,1H3/t7-,10-,11+/m0/s1. The monoisotopic (exact) mass is 179 g/mol. The fraction of sp³-hybridized carbons (Fsp3) is 0.455. The molecule has 1 aliphatic rings. The highest BCUT2D eigenvalue weighted by Gasteiger charge is 2.40. The Labute approximate surface area is 77.8 Å². The SMILES string of the molecule is C[C@H](N)[C@@H]1C[C@@H]1c1cccc(F)c1. The first-order chi connectivity index (χ1) is 6.18. The summed E-state index contributed by atoms with van der Waals surface area (Å²) < 4.78 is 12.9. The zero-order chi connectivity index (χ0) is 9.42. The molecule has 1 aromatic carbocycles. The predicted molar refractivity (Wildman–Crippen MR) is 50.9 cm³/mol. The highest BCUT2D eigenvalue weighted by molar-refractivity contribution is 5.27. The van der Waals surface area contributed by atoms with Gasteiger partial charge in [0, 0.05) is 6.04 Å². The van der Waals surface area contributed by atoms with E-state index in [1.54, 1.807) is 12.1 Å². The molecule has 1 saturated carbocycles. The fourth-order valence-electron chi connectivity index (χ4n) is 1.92. The largest absolute Gasteiger partial charge is 0.328 e. The van der Waals surface area contributed by atoms with Gasteiger partial charge in [-0.1, -0.05) is 12.1 Å². The van der Waals surface area contributed by atoms with Gasteiger partial charge >= 0.3 is 0 Å². The van der Waals surface area contributed by atoms with Crippen molar-refractivity contribution in [2.45, 2.75) is 25.3 Å². The van der Waals surface area contributed by atoms with Crippen LogP contribution in [0.15, 0.2) is 24.3 Å². The highest BCUT2D eigenvalue weighted by Crippen LogP contribution is 2.48. The molecular weight excluding hydrogens is 165 g/mol. The van der Waals surface area contributed by atoms with Gasteiger partial charge in [0.05, 0.1) is 0 Å².